The van der Waals surface area contributed by atoms with Crippen LogP contribution in [0.25, 0.3) is 10.8 Å². The highest BCUT2D eigenvalue weighted by atomic mass is 19.4. The Bertz CT molecular complexity index is 1520. The van der Waals surface area contributed by atoms with Crippen molar-refractivity contribution in [2.24, 2.45) is 0 Å². The lowest BCUT2D eigenvalue weighted by molar-refractivity contribution is -0.193. The van der Waals surface area contributed by atoms with E-state index in [1.165, 1.54) is 0 Å². The Kier molecular flexibility index (Phi) is 12.2. The van der Waals surface area contributed by atoms with Crippen molar-refractivity contribution in [1.82, 2.24) is 25.4 Å². The normalized spacial score (nSPS) is 16.3. The first kappa shape index (κ1) is 36.7. The molecule has 1 aromatic heterocycles. The number of carboxylic acids is 2. The molecular weight excluding hydrogens is 640 g/mol. The first-order valence-electron chi connectivity index (χ1n) is 14.0. The molecule has 0 aliphatic carbocycles. The summed E-state index contributed by atoms with van der Waals surface area (Å²) < 4.78 is 63.5. The number of rotatable bonds is 6. The van der Waals surface area contributed by atoms with E-state index in [4.69, 9.17) is 19.8 Å². The Labute approximate surface area is 264 Å². The van der Waals surface area contributed by atoms with E-state index in [2.05, 4.69) is 31.5 Å². The van der Waals surface area contributed by atoms with Gasteiger partial charge in [-0.25, -0.2) is 9.59 Å². The van der Waals surface area contributed by atoms with Gasteiger partial charge in [-0.2, -0.15) is 26.3 Å². The molecule has 0 atom stereocenters. The van der Waals surface area contributed by atoms with Gasteiger partial charge in [-0.15, -0.1) is 0 Å². The molecule has 1 spiro atoms. The minimum Gasteiger partial charge on any atom is -0.475 e. The summed E-state index contributed by atoms with van der Waals surface area (Å²) in [4.78, 5) is 51.9. The number of nitrogens with one attached hydrogen (secondary N) is 2. The molecule has 2 saturated heterocycles. The average molecular weight is 672 g/mol. The molecular formula is C30H31F6N5O6. The molecule has 2 aliphatic heterocycles. The number of amides is 2. The summed E-state index contributed by atoms with van der Waals surface area (Å²) in [6, 6.07) is 17.8. The number of nitrogens with zero attached hydrogens (tertiary/aromatic N) is 3. The molecule has 17 heteroatoms. The number of hydrogen-bond acceptors (Lipinski definition) is 7. The third-order valence-electron chi connectivity index (χ3n) is 7.45. The minimum absolute atomic E-state index is 0.0490. The molecule has 0 bridgehead atoms. The quantitative estimate of drug-likeness (QED) is 0.288. The molecule has 254 valence electrons. The number of aromatic nitrogens is 1. The number of hydrogen-bond donors (Lipinski definition) is 4. The van der Waals surface area contributed by atoms with Crippen LogP contribution in [0, 0.1) is 0 Å². The molecule has 2 amide bonds. The fraction of sp³-hybridized carbons (Fsp3) is 0.367. The summed E-state index contributed by atoms with van der Waals surface area (Å²) in [5.74, 6) is -5.43. The van der Waals surface area contributed by atoms with Crippen molar-refractivity contribution in [3.8, 4) is 0 Å². The van der Waals surface area contributed by atoms with Crippen molar-refractivity contribution >= 4 is 34.5 Å². The third-order valence-corrected chi connectivity index (χ3v) is 7.45. The van der Waals surface area contributed by atoms with E-state index in [9.17, 15) is 35.9 Å². The number of likely N-dealkylation sites (tertiary alicyclic amines) is 1. The van der Waals surface area contributed by atoms with Crippen LogP contribution >= 0.6 is 0 Å². The standard InChI is InChI=1S/C26H29N5O2.2C2HF3O2/c32-24(23-8-7-21-5-1-2-6-22(21)16-23)28-12-15-30-13-9-26(10-14-30)25(33)29-19-31(26)18-20-4-3-11-27-17-20;2*3-2(4,5)1(6)7/h1-8,11,16-17H,9-10,12-15,18-19H2,(H,28,32)(H,29,33);2*(H,6,7). The Balaban J connectivity index is 0.000000360. The van der Waals surface area contributed by atoms with Gasteiger partial charge in [-0.3, -0.25) is 19.5 Å². The van der Waals surface area contributed by atoms with Crippen molar-refractivity contribution in [3.63, 3.8) is 0 Å². The van der Waals surface area contributed by atoms with Gasteiger partial charge in [0.1, 0.15) is 5.54 Å². The van der Waals surface area contributed by atoms with Crippen LogP contribution in [0.15, 0.2) is 67.0 Å². The van der Waals surface area contributed by atoms with Gasteiger partial charge < -0.3 is 25.7 Å². The number of fused-ring (bicyclic) bond motifs is 1. The van der Waals surface area contributed by atoms with Crippen LogP contribution in [0.3, 0.4) is 0 Å². The summed E-state index contributed by atoms with van der Waals surface area (Å²) in [6.45, 7) is 4.33. The largest absolute Gasteiger partial charge is 0.490 e. The van der Waals surface area contributed by atoms with Gasteiger partial charge in [0.05, 0.1) is 6.67 Å². The van der Waals surface area contributed by atoms with Crippen molar-refractivity contribution in [3.05, 3.63) is 78.1 Å². The summed E-state index contributed by atoms with van der Waals surface area (Å²) in [5.41, 5.74) is 1.35. The maximum atomic E-state index is 12.8. The number of halogens is 6. The second-order valence-electron chi connectivity index (χ2n) is 10.5. The third kappa shape index (κ3) is 10.4. The maximum absolute atomic E-state index is 12.8. The Morgan fingerprint density at radius 2 is 1.49 bits per heavy atom. The predicted octanol–water partition coefficient (Wildman–Crippen LogP) is 3.66. The molecule has 0 radical (unpaired) electrons. The topological polar surface area (TPSA) is 152 Å². The Morgan fingerprint density at radius 3 is 2.04 bits per heavy atom. The fourth-order valence-corrected chi connectivity index (χ4v) is 5.00. The molecule has 5 rings (SSSR count). The lowest BCUT2D eigenvalue weighted by Crippen LogP contribution is -2.56. The molecule has 4 N–H and O–H groups in total. The zero-order valence-corrected chi connectivity index (χ0v) is 24.6. The second-order valence-corrected chi connectivity index (χ2v) is 10.5. The summed E-state index contributed by atoms with van der Waals surface area (Å²) in [5, 5.41) is 22.5. The van der Waals surface area contributed by atoms with E-state index >= 15 is 0 Å². The molecule has 2 aromatic carbocycles. The van der Waals surface area contributed by atoms with Crippen molar-refractivity contribution in [2.75, 3.05) is 32.8 Å². The fourth-order valence-electron chi connectivity index (χ4n) is 5.00. The van der Waals surface area contributed by atoms with E-state index in [0.29, 0.717) is 25.3 Å². The Morgan fingerprint density at radius 1 is 0.894 bits per heavy atom. The maximum Gasteiger partial charge on any atom is 0.490 e. The number of benzene rings is 2. The van der Waals surface area contributed by atoms with Crippen LogP contribution in [0.1, 0.15) is 28.8 Å². The number of alkyl halides is 6. The molecule has 0 unspecified atom stereocenters. The number of carboxylic acid groups (broad SMARTS) is 2. The number of piperidine rings is 1. The molecule has 3 aromatic rings. The van der Waals surface area contributed by atoms with Crippen LogP contribution in [-0.2, 0) is 20.9 Å². The van der Waals surface area contributed by atoms with E-state index in [1.807, 2.05) is 54.7 Å². The second kappa shape index (κ2) is 15.7. The number of carbonyl (C=O) groups excluding carboxylic acids is 2. The number of pyridine rings is 1. The van der Waals surface area contributed by atoms with Crippen LogP contribution in [0.4, 0.5) is 26.3 Å². The summed E-state index contributed by atoms with van der Waals surface area (Å²) in [6.07, 6.45) is -4.96. The molecule has 11 nitrogen and oxygen atoms in total. The van der Waals surface area contributed by atoms with Crippen molar-refractivity contribution in [2.45, 2.75) is 37.3 Å². The lowest BCUT2D eigenvalue weighted by atomic mass is 9.86. The molecule has 2 fully saturated rings. The van der Waals surface area contributed by atoms with Crippen molar-refractivity contribution < 1.29 is 55.7 Å². The highest BCUT2D eigenvalue weighted by molar-refractivity contribution is 5.98. The van der Waals surface area contributed by atoms with Gasteiger partial charge in [0.2, 0.25) is 5.91 Å². The first-order valence-corrected chi connectivity index (χ1v) is 14.0. The molecule has 3 heterocycles. The molecule has 47 heavy (non-hydrogen) atoms. The van der Waals surface area contributed by atoms with E-state index in [0.717, 1.165) is 48.8 Å². The number of carbonyl (C=O) groups is 4. The van der Waals surface area contributed by atoms with Crippen LogP contribution in [0.5, 0.6) is 0 Å². The highest BCUT2D eigenvalue weighted by Gasteiger charge is 2.49. The zero-order valence-electron chi connectivity index (χ0n) is 24.6. The minimum atomic E-state index is -5.08. The zero-order chi connectivity index (χ0) is 34.8. The van der Waals surface area contributed by atoms with Crippen LogP contribution in [0.2, 0.25) is 0 Å². The molecule has 2 aliphatic rings. The van der Waals surface area contributed by atoms with Gasteiger partial charge >= 0.3 is 24.3 Å². The van der Waals surface area contributed by atoms with Crippen LogP contribution in [-0.4, -0.2) is 99.5 Å². The van der Waals surface area contributed by atoms with E-state index < -0.39 is 29.8 Å². The van der Waals surface area contributed by atoms with Gasteiger partial charge in [-0.05, 0) is 47.4 Å². The van der Waals surface area contributed by atoms with Gasteiger partial charge in [0, 0.05) is 50.7 Å². The smallest absolute Gasteiger partial charge is 0.475 e. The average Bonchev–Trinajstić information content (AvgIpc) is 3.31. The van der Waals surface area contributed by atoms with Crippen LogP contribution < -0.4 is 10.6 Å². The van der Waals surface area contributed by atoms with Gasteiger partial charge in [0.25, 0.3) is 5.91 Å². The number of aliphatic carboxylic acids is 2. The summed E-state index contributed by atoms with van der Waals surface area (Å²) in [7, 11) is 0. The molecule has 0 saturated carbocycles. The predicted molar refractivity (Wildman–Crippen MR) is 155 cm³/mol. The van der Waals surface area contributed by atoms with Gasteiger partial charge in [-0.1, -0.05) is 36.4 Å². The monoisotopic (exact) mass is 671 g/mol. The SMILES string of the molecule is O=C(NCCN1CCC2(CC1)C(=O)NCN2Cc1cccnc1)c1ccc2ccccc2c1.O=C(O)C(F)(F)F.O=C(O)C(F)(F)F. The summed E-state index contributed by atoms with van der Waals surface area (Å²) >= 11 is 0. The van der Waals surface area contributed by atoms with E-state index in [1.54, 1.807) is 6.20 Å². The Hall–Kier alpha value is -4.77. The first-order chi connectivity index (χ1) is 22.0. The van der Waals surface area contributed by atoms with Gasteiger partial charge in [0.15, 0.2) is 0 Å². The van der Waals surface area contributed by atoms with E-state index in [-0.39, 0.29) is 11.8 Å². The lowest BCUT2D eigenvalue weighted by Gasteiger charge is -2.42. The van der Waals surface area contributed by atoms with Crippen molar-refractivity contribution in [1.29, 1.82) is 0 Å². The highest BCUT2D eigenvalue weighted by Crippen LogP contribution is 2.33.